The van der Waals surface area contributed by atoms with Gasteiger partial charge in [0.15, 0.2) is 0 Å². The summed E-state index contributed by atoms with van der Waals surface area (Å²) in [6.07, 6.45) is 1.64. The molecule has 3 aromatic rings. The number of aromatic hydroxyl groups is 1. The summed E-state index contributed by atoms with van der Waals surface area (Å²) in [4.78, 5) is 13.8. The highest BCUT2D eigenvalue weighted by Gasteiger charge is 2.12. The molecule has 5 nitrogen and oxygen atoms in total. The fourth-order valence-electron chi connectivity index (χ4n) is 2.56. The van der Waals surface area contributed by atoms with Crippen LogP contribution in [0.4, 0.5) is 0 Å². The summed E-state index contributed by atoms with van der Waals surface area (Å²) in [6, 6.07) is 8.65. The SMILES string of the molecule is Cc1c(O)ccc2c(CN(C)Cc3ccco3)cc(=O)oc12. The molecule has 0 aliphatic carbocycles. The fourth-order valence-corrected chi connectivity index (χ4v) is 2.56. The summed E-state index contributed by atoms with van der Waals surface area (Å²) in [7, 11) is 1.95. The van der Waals surface area contributed by atoms with E-state index in [0.29, 0.717) is 24.2 Å². The van der Waals surface area contributed by atoms with Gasteiger partial charge >= 0.3 is 5.63 Å². The molecule has 0 fully saturated rings. The number of fused-ring (bicyclic) bond motifs is 1. The third kappa shape index (κ3) is 2.76. The van der Waals surface area contributed by atoms with E-state index >= 15 is 0 Å². The van der Waals surface area contributed by atoms with E-state index in [1.165, 1.54) is 6.07 Å². The smallest absolute Gasteiger partial charge is 0.336 e. The number of hydrogen-bond acceptors (Lipinski definition) is 5. The minimum atomic E-state index is -0.414. The van der Waals surface area contributed by atoms with E-state index in [2.05, 4.69) is 4.90 Å². The number of nitrogens with zero attached hydrogens (tertiary/aromatic N) is 1. The van der Waals surface area contributed by atoms with Crippen molar-refractivity contribution in [3.8, 4) is 5.75 Å². The number of rotatable bonds is 4. The van der Waals surface area contributed by atoms with Gasteiger partial charge in [-0.2, -0.15) is 0 Å². The molecule has 1 N–H and O–H groups in total. The Morgan fingerprint density at radius 3 is 2.77 bits per heavy atom. The summed E-state index contributed by atoms with van der Waals surface area (Å²) in [5.41, 5.74) is 1.46. The molecule has 3 rings (SSSR count). The largest absolute Gasteiger partial charge is 0.508 e. The molecule has 0 saturated carbocycles. The Labute approximate surface area is 127 Å². The van der Waals surface area contributed by atoms with E-state index in [9.17, 15) is 9.90 Å². The van der Waals surface area contributed by atoms with Crippen LogP contribution in [0.25, 0.3) is 11.0 Å². The zero-order valence-corrected chi connectivity index (χ0v) is 12.5. The molecule has 0 amide bonds. The monoisotopic (exact) mass is 299 g/mol. The summed E-state index contributed by atoms with van der Waals surface area (Å²) in [5, 5.41) is 10.6. The second-order valence-electron chi connectivity index (χ2n) is 5.43. The lowest BCUT2D eigenvalue weighted by Gasteiger charge is -2.16. The average molecular weight is 299 g/mol. The van der Waals surface area contributed by atoms with Crippen LogP contribution in [0.5, 0.6) is 5.75 Å². The topological polar surface area (TPSA) is 66.8 Å². The quantitative estimate of drug-likeness (QED) is 0.750. The first-order chi connectivity index (χ1) is 10.5. The molecule has 22 heavy (non-hydrogen) atoms. The molecule has 0 bridgehead atoms. The molecule has 0 radical (unpaired) electrons. The zero-order valence-electron chi connectivity index (χ0n) is 12.5. The molecule has 2 heterocycles. The maximum absolute atomic E-state index is 11.8. The van der Waals surface area contributed by atoms with Crippen LogP contribution in [0.1, 0.15) is 16.9 Å². The third-order valence-electron chi connectivity index (χ3n) is 3.66. The van der Waals surface area contributed by atoms with Gasteiger partial charge < -0.3 is 13.9 Å². The Morgan fingerprint density at radius 1 is 1.23 bits per heavy atom. The molecule has 0 unspecified atom stereocenters. The Balaban J connectivity index is 1.96. The van der Waals surface area contributed by atoms with Gasteiger partial charge in [-0.1, -0.05) is 0 Å². The molecule has 0 aliphatic rings. The molecule has 114 valence electrons. The van der Waals surface area contributed by atoms with E-state index < -0.39 is 5.63 Å². The molecule has 2 aromatic heterocycles. The lowest BCUT2D eigenvalue weighted by atomic mass is 10.1. The predicted molar refractivity (Wildman–Crippen MR) is 82.8 cm³/mol. The summed E-state index contributed by atoms with van der Waals surface area (Å²) in [5.74, 6) is 0.986. The second-order valence-corrected chi connectivity index (χ2v) is 5.43. The lowest BCUT2D eigenvalue weighted by molar-refractivity contribution is 0.288. The van der Waals surface area contributed by atoms with Gasteiger partial charge in [0.2, 0.25) is 0 Å². The van der Waals surface area contributed by atoms with Crippen molar-refractivity contribution in [2.75, 3.05) is 7.05 Å². The van der Waals surface area contributed by atoms with Crippen molar-refractivity contribution in [3.63, 3.8) is 0 Å². The van der Waals surface area contributed by atoms with E-state index in [1.807, 2.05) is 19.2 Å². The molecule has 0 spiro atoms. The van der Waals surface area contributed by atoms with Crippen LogP contribution in [0.15, 0.2) is 50.2 Å². The second kappa shape index (κ2) is 5.69. The Morgan fingerprint density at radius 2 is 2.05 bits per heavy atom. The first-order valence-corrected chi connectivity index (χ1v) is 7.01. The first kappa shape index (κ1) is 14.4. The summed E-state index contributed by atoms with van der Waals surface area (Å²) in [6.45, 7) is 2.95. The molecule has 0 aliphatic heterocycles. The van der Waals surface area contributed by atoms with Crippen molar-refractivity contribution >= 4 is 11.0 Å². The van der Waals surface area contributed by atoms with Crippen LogP contribution in [-0.4, -0.2) is 17.1 Å². The Bertz CT molecular complexity index is 849. The van der Waals surface area contributed by atoms with Crippen LogP contribution >= 0.6 is 0 Å². The van der Waals surface area contributed by atoms with Gasteiger partial charge in [-0.15, -0.1) is 0 Å². The Hall–Kier alpha value is -2.53. The summed E-state index contributed by atoms with van der Waals surface area (Å²) >= 11 is 0. The van der Waals surface area contributed by atoms with Crippen molar-refractivity contribution in [1.82, 2.24) is 4.90 Å². The number of benzene rings is 1. The minimum Gasteiger partial charge on any atom is -0.508 e. The van der Waals surface area contributed by atoms with E-state index in [1.54, 1.807) is 25.3 Å². The van der Waals surface area contributed by atoms with Gasteiger partial charge in [-0.3, -0.25) is 4.90 Å². The number of aryl methyl sites for hydroxylation is 1. The van der Waals surface area contributed by atoms with Crippen LogP contribution < -0.4 is 5.63 Å². The van der Waals surface area contributed by atoms with Crippen molar-refractivity contribution in [1.29, 1.82) is 0 Å². The lowest BCUT2D eigenvalue weighted by Crippen LogP contribution is -2.18. The van der Waals surface area contributed by atoms with Crippen LogP contribution in [0.3, 0.4) is 0 Å². The van der Waals surface area contributed by atoms with E-state index in [-0.39, 0.29) is 5.75 Å². The maximum atomic E-state index is 11.8. The van der Waals surface area contributed by atoms with Gasteiger partial charge in [-0.25, -0.2) is 4.79 Å². The first-order valence-electron chi connectivity index (χ1n) is 7.01. The van der Waals surface area contributed by atoms with Crippen molar-refractivity contribution in [2.24, 2.45) is 0 Å². The van der Waals surface area contributed by atoms with Crippen molar-refractivity contribution < 1.29 is 13.9 Å². The highest BCUT2D eigenvalue weighted by atomic mass is 16.4. The molecule has 0 atom stereocenters. The van der Waals surface area contributed by atoms with Crippen LogP contribution in [0, 0.1) is 6.92 Å². The van der Waals surface area contributed by atoms with Crippen molar-refractivity contribution in [3.05, 3.63) is 63.9 Å². The molecule has 1 aromatic carbocycles. The van der Waals surface area contributed by atoms with E-state index in [4.69, 9.17) is 8.83 Å². The third-order valence-corrected chi connectivity index (χ3v) is 3.66. The zero-order chi connectivity index (χ0) is 15.7. The van der Waals surface area contributed by atoms with Gasteiger partial charge in [-0.05, 0) is 43.8 Å². The maximum Gasteiger partial charge on any atom is 0.336 e. The van der Waals surface area contributed by atoms with Gasteiger partial charge in [0, 0.05) is 23.6 Å². The number of hydrogen-bond donors (Lipinski definition) is 1. The highest BCUT2D eigenvalue weighted by molar-refractivity contribution is 5.84. The van der Waals surface area contributed by atoms with Gasteiger partial charge in [0.25, 0.3) is 0 Å². The van der Waals surface area contributed by atoms with Crippen LogP contribution in [0.2, 0.25) is 0 Å². The molecular formula is C17H17NO4. The molecular weight excluding hydrogens is 282 g/mol. The average Bonchev–Trinajstić information content (AvgIpc) is 2.96. The number of furan rings is 1. The summed E-state index contributed by atoms with van der Waals surface area (Å²) < 4.78 is 10.6. The van der Waals surface area contributed by atoms with Crippen LogP contribution in [-0.2, 0) is 13.1 Å². The fraction of sp³-hybridized carbons (Fsp3) is 0.235. The van der Waals surface area contributed by atoms with Crippen molar-refractivity contribution in [2.45, 2.75) is 20.0 Å². The number of phenols is 1. The predicted octanol–water partition coefficient (Wildman–Crippen LogP) is 3.03. The molecule has 0 saturated heterocycles. The standard InChI is InChI=1S/C17H17NO4/c1-11-15(19)6-5-14-12(8-16(20)22-17(11)14)9-18(2)10-13-4-3-7-21-13/h3-8,19H,9-10H2,1-2H3. The highest BCUT2D eigenvalue weighted by Crippen LogP contribution is 2.27. The molecule has 5 heteroatoms. The van der Waals surface area contributed by atoms with E-state index in [0.717, 1.165) is 16.7 Å². The Kier molecular flexibility index (Phi) is 3.73. The van der Waals surface area contributed by atoms with Gasteiger partial charge in [0.1, 0.15) is 17.1 Å². The van der Waals surface area contributed by atoms with Gasteiger partial charge in [0.05, 0.1) is 12.8 Å². The minimum absolute atomic E-state index is 0.122. The normalized spacial score (nSPS) is 11.4. The number of phenolic OH excluding ortho intramolecular Hbond substituents is 1.